The van der Waals surface area contributed by atoms with Gasteiger partial charge in [-0.2, -0.15) is 0 Å². The second-order valence-electron chi connectivity index (χ2n) is 6.30. The predicted octanol–water partition coefficient (Wildman–Crippen LogP) is 4.31. The van der Waals surface area contributed by atoms with Crippen molar-refractivity contribution in [2.24, 2.45) is 0 Å². The number of benzene rings is 2. The van der Waals surface area contributed by atoms with Gasteiger partial charge in [-0.25, -0.2) is 0 Å². The Labute approximate surface area is 159 Å². The lowest BCUT2D eigenvalue weighted by atomic mass is 9.95. The summed E-state index contributed by atoms with van der Waals surface area (Å²) in [5.41, 5.74) is 3.58. The molecule has 1 saturated carbocycles. The van der Waals surface area contributed by atoms with Gasteiger partial charge in [0.15, 0.2) is 0 Å². The summed E-state index contributed by atoms with van der Waals surface area (Å²) in [6.07, 6.45) is 7.21. The standard InChI is InChI=1S/C24H17N2O/c1-17-10-12-18(13-11-17)14-15-19-5-2-8-21(19)24(27)26-22-9-3-6-20-7-4-16-25-23(20)22/h2-13,16H,1H3,(H,26,27). The van der Waals surface area contributed by atoms with Crippen LogP contribution in [0.3, 0.4) is 0 Å². The molecule has 1 aromatic heterocycles. The largest absolute Gasteiger partial charge is 0.324 e. The molecule has 4 rings (SSSR count). The maximum Gasteiger partial charge on any atom is 0.233 e. The third kappa shape index (κ3) is 3.85. The van der Waals surface area contributed by atoms with E-state index in [1.807, 2.05) is 74.4 Å². The Balaban J connectivity index is 1.52. The fourth-order valence-electron chi connectivity index (χ4n) is 2.90. The van der Waals surface area contributed by atoms with Crippen molar-refractivity contribution < 1.29 is 4.79 Å². The van der Waals surface area contributed by atoms with E-state index in [1.54, 1.807) is 12.6 Å². The van der Waals surface area contributed by atoms with E-state index in [4.69, 9.17) is 0 Å². The van der Waals surface area contributed by atoms with Crippen LogP contribution in [0.4, 0.5) is 5.69 Å². The van der Waals surface area contributed by atoms with Crippen LogP contribution in [0.1, 0.15) is 11.1 Å². The second kappa shape index (κ2) is 7.63. The van der Waals surface area contributed by atoms with Gasteiger partial charge in [-0.1, -0.05) is 47.7 Å². The number of pyridine rings is 1. The highest BCUT2D eigenvalue weighted by Crippen LogP contribution is 2.34. The quantitative estimate of drug-likeness (QED) is 0.701. The Morgan fingerprint density at radius 2 is 1.78 bits per heavy atom. The first kappa shape index (κ1) is 17.3. The molecule has 1 heterocycles. The molecule has 0 bridgehead atoms. The van der Waals surface area contributed by atoms with Crippen LogP contribution < -0.4 is 5.32 Å². The van der Waals surface area contributed by atoms with Gasteiger partial charge in [-0.15, -0.1) is 0 Å². The van der Waals surface area contributed by atoms with E-state index in [0.29, 0.717) is 17.5 Å². The molecule has 0 spiro atoms. The van der Waals surface area contributed by atoms with E-state index in [9.17, 15) is 4.79 Å². The Kier molecular flexibility index (Phi) is 4.89. The lowest BCUT2D eigenvalue weighted by molar-refractivity contribution is -0.114. The number of anilines is 1. The number of carbonyl (C=O) groups excluding carboxylic acids is 1. The molecular weight excluding hydrogens is 332 g/mol. The SMILES string of the molecule is Cc1ccc(C#C[C]2[CH][CH][CH][C]2C(=O)Nc2cccc3cccnc23)cc1. The van der Waals surface area contributed by atoms with Gasteiger partial charge in [0.05, 0.1) is 23.0 Å². The van der Waals surface area contributed by atoms with Gasteiger partial charge in [0.25, 0.3) is 0 Å². The molecule has 1 N–H and O–H groups in total. The number of fused-ring (bicyclic) bond motifs is 1. The highest BCUT2D eigenvalue weighted by Gasteiger charge is 2.34. The number of nitrogens with zero attached hydrogens (tertiary/aromatic N) is 1. The molecule has 3 nitrogen and oxygen atoms in total. The molecule has 3 aromatic rings. The molecule has 0 saturated heterocycles. The molecule has 0 atom stereocenters. The van der Waals surface area contributed by atoms with Crippen LogP contribution in [0.5, 0.6) is 0 Å². The second-order valence-corrected chi connectivity index (χ2v) is 6.30. The Morgan fingerprint density at radius 1 is 0.963 bits per heavy atom. The minimum Gasteiger partial charge on any atom is -0.324 e. The third-order valence-corrected chi connectivity index (χ3v) is 4.33. The van der Waals surface area contributed by atoms with Crippen LogP contribution in [0, 0.1) is 49.9 Å². The molecule has 0 aliphatic heterocycles. The normalized spacial score (nSPS) is 14.7. The van der Waals surface area contributed by atoms with Crippen LogP contribution in [-0.4, -0.2) is 10.9 Å². The van der Waals surface area contributed by atoms with Crippen LogP contribution in [0.15, 0.2) is 60.8 Å². The zero-order valence-electron chi connectivity index (χ0n) is 14.9. The van der Waals surface area contributed by atoms with Crippen LogP contribution in [-0.2, 0) is 4.79 Å². The molecule has 1 aliphatic rings. The number of amides is 1. The summed E-state index contributed by atoms with van der Waals surface area (Å²) < 4.78 is 0. The van der Waals surface area contributed by atoms with Crippen molar-refractivity contribution in [3.8, 4) is 11.8 Å². The molecule has 27 heavy (non-hydrogen) atoms. The predicted molar refractivity (Wildman–Crippen MR) is 108 cm³/mol. The number of carbonyl (C=O) groups is 1. The Bertz CT molecular complexity index is 1020. The van der Waals surface area contributed by atoms with Crippen molar-refractivity contribution >= 4 is 22.5 Å². The maximum absolute atomic E-state index is 12.8. The highest BCUT2D eigenvalue weighted by molar-refractivity contribution is 6.10. The minimum atomic E-state index is -0.189. The number of para-hydroxylation sites is 1. The van der Waals surface area contributed by atoms with Gasteiger partial charge in [0.1, 0.15) is 0 Å². The summed E-state index contributed by atoms with van der Waals surface area (Å²) in [5.74, 6) is 7.31. The van der Waals surface area contributed by atoms with E-state index in [-0.39, 0.29) is 5.91 Å². The van der Waals surface area contributed by atoms with Gasteiger partial charge < -0.3 is 5.32 Å². The van der Waals surface area contributed by atoms with Crippen molar-refractivity contribution in [1.82, 2.24) is 4.98 Å². The van der Waals surface area contributed by atoms with Crippen molar-refractivity contribution in [2.45, 2.75) is 6.92 Å². The first-order chi connectivity index (χ1) is 13.2. The zero-order chi connectivity index (χ0) is 18.6. The Morgan fingerprint density at radius 3 is 2.63 bits per heavy atom. The highest BCUT2D eigenvalue weighted by atomic mass is 16.1. The van der Waals surface area contributed by atoms with Gasteiger partial charge >= 0.3 is 0 Å². The van der Waals surface area contributed by atoms with Crippen LogP contribution >= 0.6 is 0 Å². The van der Waals surface area contributed by atoms with Crippen molar-refractivity contribution in [3.05, 3.63) is 103 Å². The molecule has 1 amide bonds. The van der Waals surface area contributed by atoms with E-state index in [2.05, 4.69) is 22.1 Å². The van der Waals surface area contributed by atoms with Gasteiger partial charge in [0.2, 0.25) is 5.91 Å². The average Bonchev–Trinajstić information content (AvgIpc) is 3.17. The van der Waals surface area contributed by atoms with Gasteiger partial charge in [-0.05, 0) is 50.5 Å². The molecule has 5 radical (unpaired) electrons. The summed E-state index contributed by atoms with van der Waals surface area (Å²) >= 11 is 0. The minimum absolute atomic E-state index is 0.189. The van der Waals surface area contributed by atoms with E-state index in [1.165, 1.54) is 5.56 Å². The van der Waals surface area contributed by atoms with Crippen LogP contribution in [0.25, 0.3) is 10.9 Å². The molecule has 0 unspecified atom stereocenters. The average molecular weight is 349 g/mol. The lowest BCUT2D eigenvalue weighted by Crippen LogP contribution is -2.23. The maximum atomic E-state index is 12.8. The number of rotatable bonds is 2. The Hall–Kier alpha value is -3.12. The van der Waals surface area contributed by atoms with Gasteiger partial charge in [0, 0.05) is 17.1 Å². The van der Waals surface area contributed by atoms with Crippen molar-refractivity contribution in [2.75, 3.05) is 5.32 Å². The number of nitrogens with one attached hydrogen (secondary N) is 1. The monoisotopic (exact) mass is 349 g/mol. The van der Waals surface area contributed by atoms with Crippen molar-refractivity contribution in [1.29, 1.82) is 0 Å². The molecule has 1 aliphatic carbocycles. The summed E-state index contributed by atoms with van der Waals surface area (Å²) in [6, 6.07) is 17.6. The number of hydrogen-bond acceptors (Lipinski definition) is 2. The zero-order valence-corrected chi connectivity index (χ0v) is 14.9. The lowest BCUT2D eigenvalue weighted by Gasteiger charge is -2.14. The topological polar surface area (TPSA) is 42.0 Å². The summed E-state index contributed by atoms with van der Waals surface area (Å²) in [6.45, 7) is 2.04. The molecule has 3 heteroatoms. The summed E-state index contributed by atoms with van der Waals surface area (Å²) in [5, 5.41) is 3.95. The number of aromatic nitrogens is 1. The first-order valence-corrected chi connectivity index (χ1v) is 8.70. The van der Waals surface area contributed by atoms with E-state index >= 15 is 0 Å². The molecular formula is C24H17N2O. The first-order valence-electron chi connectivity index (χ1n) is 8.70. The van der Waals surface area contributed by atoms with E-state index in [0.717, 1.165) is 16.5 Å². The summed E-state index contributed by atoms with van der Waals surface area (Å²) in [7, 11) is 0. The smallest absolute Gasteiger partial charge is 0.233 e. The fraction of sp³-hybridized carbons (Fsp3) is 0.0417. The molecule has 1 fully saturated rings. The molecule has 129 valence electrons. The van der Waals surface area contributed by atoms with E-state index < -0.39 is 0 Å². The van der Waals surface area contributed by atoms with Crippen molar-refractivity contribution in [3.63, 3.8) is 0 Å². The number of hydrogen-bond donors (Lipinski definition) is 1. The summed E-state index contributed by atoms with van der Waals surface area (Å²) in [4.78, 5) is 17.2. The van der Waals surface area contributed by atoms with Gasteiger partial charge in [-0.3, -0.25) is 9.78 Å². The third-order valence-electron chi connectivity index (χ3n) is 4.33. The molecule has 2 aromatic carbocycles. The number of aryl methyl sites for hydroxylation is 1. The fourth-order valence-corrected chi connectivity index (χ4v) is 2.90. The van der Waals surface area contributed by atoms with Crippen LogP contribution in [0.2, 0.25) is 0 Å².